The Hall–Kier alpha value is -3.66. The van der Waals surface area contributed by atoms with Crippen LogP contribution in [0.15, 0.2) is 52.8 Å². The fraction of sp³-hybridized carbons (Fsp3) is 0.250. The van der Waals surface area contributed by atoms with E-state index in [0.717, 1.165) is 4.90 Å². The Morgan fingerprint density at radius 1 is 1.06 bits per heavy atom. The summed E-state index contributed by atoms with van der Waals surface area (Å²) in [7, 11) is 2.95. The molecule has 2 aromatic rings. The van der Waals surface area contributed by atoms with E-state index in [1.165, 1.54) is 25.3 Å². The van der Waals surface area contributed by atoms with Crippen LogP contribution in [0, 0.1) is 0 Å². The summed E-state index contributed by atoms with van der Waals surface area (Å²) in [4.78, 5) is 39.3. The van der Waals surface area contributed by atoms with Crippen molar-refractivity contribution in [1.82, 2.24) is 5.01 Å². The molecule has 31 heavy (non-hydrogen) atoms. The van der Waals surface area contributed by atoms with Crippen molar-refractivity contribution in [3.8, 4) is 11.5 Å². The zero-order chi connectivity index (χ0) is 22.1. The molecule has 2 aliphatic heterocycles. The molecule has 11 heteroatoms. The third-order valence-electron chi connectivity index (χ3n) is 4.92. The summed E-state index contributed by atoms with van der Waals surface area (Å²) in [5, 5.41) is 12.2. The number of fused-ring (bicyclic) bond motifs is 1. The van der Waals surface area contributed by atoms with Crippen molar-refractivity contribution in [2.24, 2.45) is 10.3 Å². The van der Waals surface area contributed by atoms with Gasteiger partial charge in [0.05, 0.1) is 19.9 Å². The molecular weight excluding hydrogens is 426 g/mol. The monoisotopic (exact) mass is 443 g/mol. The fourth-order valence-corrected chi connectivity index (χ4v) is 3.58. The Kier molecular flexibility index (Phi) is 5.47. The maximum atomic E-state index is 13.1. The Bertz CT molecular complexity index is 1070. The lowest BCUT2D eigenvalue weighted by atomic mass is 10.1. The molecule has 0 bridgehead atoms. The molecule has 0 saturated carbocycles. The van der Waals surface area contributed by atoms with Gasteiger partial charge < -0.3 is 14.8 Å². The first-order valence-corrected chi connectivity index (χ1v) is 9.63. The van der Waals surface area contributed by atoms with Gasteiger partial charge in [-0.2, -0.15) is 5.11 Å². The van der Waals surface area contributed by atoms with E-state index in [2.05, 4.69) is 15.7 Å². The molecule has 1 N–H and O–H groups in total. The van der Waals surface area contributed by atoms with Crippen LogP contribution in [0.4, 0.5) is 11.4 Å². The van der Waals surface area contributed by atoms with E-state index in [1.807, 2.05) is 0 Å². The van der Waals surface area contributed by atoms with Gasteiger partial charge in [0.15, 0.2) is 23.6 Å². The van der Waals surface area contributed by atoms with Crippen molar-refractivity contribution in [3.63, 3.8) is 0 Å². The molecule has 2 atom stereocenters. The number of nitrogens with one attached hydrogen (secondary N) is 1. The van der Waals surface area contributed by atoms with Crippen LogP contribution in [0.25, 0.3) is 0 Å². The highest BCUT2D eigenvalue weighted by Gasteiger charge is 2.55. The third kappa shape index (κ3) is 3.77. The first-order chi connectivity index (χ1) is 14.9. The van der Waals surface area contributed by atoms with E-state index in [9.17, 15) is 14.4 Å². The van der Waals surface area contributed by atoms with Gasteiger partial charge in [0, 0.05) is 16.8 Å². The highest BCUT2D eigenvalue weighted by molar-refractivity contribution is 6.30. The number of benzene rings is 2. The number of amides is 3. The summed E-state index contributed by atoms with van der Waals surface area (Å²) < 4.78 is 10.4. The van der Waals surface area contributed by atoms with Gasteiger partial charge in [0.2, 0.25) is 5.91 Å². The number of anilines is 2. The summed E-state index contributed by atoms with van der Waals surface area (Å²) in [6.07, 6.45) is 0. The highest BCUT2D eigenvalue weighted by atomic mass is 35.5. The SMILES string of the molecule is COc1ccc(N2C(=O)[C@@H]3[C@@H](N=NN3CC(=O)Nc3ccc(Cl)cc3)C2=O)cc1OC. The number of rotatable bonds is 6. The van der Waals surface area contributed by atoms with Gasteiger partial charge in [0.1, 0.15) is 6.54 Å². The predicted octanol–water partition coefficient (Wildman–Crippen LogP) is 2.29. The number of hydrogen-bond acceptors (Lipinski definition) is 8. The fourth-order valence-electron chi connectivity index (χ4n) is 3.45. The van der Waals surface area contributed by atoms with E-state index in [1.54, 1.807) is 36.4 Å². The summed E-state index contributed by atoms with van der Waals surface area (Å²) >= 11 is 5.84. The summed E-state index contributed by atoms with van der Waals surface area (Å²) in [5.74, 6) is -0.617. The Labute approximate surface area is 182 Å². The van der Waals surface area contributed by atoms with Gasteiger partial charge in [0.25, 0.3) is 11.8 Å². The zero-order valence-electron chi connectivity index (χ0n) is 16.6. The standard InChI is InChI=1S/C20H18ClN5O5/c1-30-14-8-7-13(9-15(14)31-2)26-19(28)17-18(20(26)29)25(24-23-17)10-16(27)22-12-5-3-11(21)4-6-12/h3-9,17-18H,10H2,1-2H3,(H,22,27)/t17-,18+/m1/s1. The molecule has 2 aromatic carbocycles. The van der Waals surface area contributed by atoms with Crippen molar-refractivity contribution >= 4 is 40.7 Å². The van der Waals surface area contributed by atoms with Gasteiger partial charge in [-0.3, -0.25) is 19.4 Å². The van der Waals surface area contributed by atoms with Crippen LogP contribution in [-0.2, 0) is 14.4 Å². The summed E-state index contributed by atoms with van der Waals surface area (Å²) in [6, 6.07) is 9.29. The Morgan fingerprint density at radius 2 is 1.77 bits per heavy atom. The van der Waals surface area contributed by atoms with Crippen molar-refractivity contribution in [2.45, 2.75) is 12.1 Å². The van der Waals surface area contributed by atoms with Gasteiger partial charge in [-0.05, 0) is 36.4 Å². The van der Waals surface area contributed by atoms with Crippen LogP contribution >= 0.6 is 11.6 Å². The molecule has 1 saturated heterocycles. The second-order valence-corrected chi connectivity index (χ2v) is 7.23. The number of halogens is 1. The van der Waals surface area contributed by atoms with Gasteiger partial charge in [-0.15, -0.1) is 0 Å². The molecule has 10 nitrogen and oxygen atoms in total. The Morgan fingerprint density at radius 3 is 2.45 bits per heavy atom. The molecule has 160 valence electrons. The number of carbonyl (C=O) groups excluding carboxylic acids is 3. The minimum atomic E-state index is -1.01. The lowest BCUT2D eigenvalue weighted by molar-refractivity contribution is -0.123. The Balaban J connectivity index is 1.50. The molecule has 0 radical (unpaired) electrons. The quantitative estimate of drug-likeness (QED) is 0.685. The maximum Gasteiger partial charge on any atom is 0.263 e. The van der Waals surface area contributed by atoms with Crippen LogP contribution in [0.5, 0.6) is 11.5 Å². The number of methoxy groups -OCH3 is 2. The topological polar surface area (TPSA) is 113 Å². The maximum absolute atomic E-state index is 13.1. The number of ether oxygens (including phenoxy) is 2. The van der Waals surface area contributed by atoms with Gasteiger partial charge >= 0.3 is 0 Å². The van der Waals surface area contributed by atoms with Crippen molar-refractivity contribution < 1.29 is 23.9 Å². The van der Waals surface area contributed by atoms with Crippen LogP contribution < -0.4 is 19.7 Å². The minimum Gasteiger partial charge on any atom is -0.493 e. The molecule has 2 aliphatic rings. The smallest absolute Gasteiger partial charge is 0.263 e. The first-order valence-electron chi connectivity index (χ1n) is 9.25. The molecular formula is C20H18ClN5O5. The average Bonchev–Trinajstić information content (AvgIpc) is 3.28. The van der Waals surface area contributed by atoms with Crippen LogP contribution in [0.1, 0.15) is 0 Å². The van der Waals surface area contributed by atoms with E-state index in [-0.39, 0.29) is 6.54 Å². The molecule has 0 spiro atoms. The third-order valence-corrected chi connectivity index (χ3v) is 5.17. The van der Waals surface area contributed by atoms with Crippen molar-refractivity contribution in [2.75, 3.05) is 31.0 Å². The van der Waals surface area contributed by atoms with E-state index < -0.39 is 29.8 Å². The second-order valence-electron chi connectivity index (χ2n) is 6.80. The molecule has 3 amide bonds. The lowest BCUT2D eigenvalue weighted by Crippen LogP contribution is -2.43. The average molecular weight is 444 g/mol. The predicted molar refractivity (Wildman–Crippen MR) is 111 cm³/mol. The van der Waals surface area contributed by atoms with Crippen LogP contribution in [-0.4, -0.2) is 55.6 Å². The van der Waals surface area contributed by atoms with Gasteiger partial charge in [-0.25, -0.2) is 4.90 Å². The molecule has 0 aromatic heterocycles. The van der Waals surface area contributed by atoms with E-state index in [0.29, 0.717) is 27.9 Å². The molecule has 1 fully saturated rings. The minimum absolute atomic E-state index is 0.244. The van der Waals surface area contributed by atoms with Crippen LogP contribution in [0.2, 0.25) is 5.02 Å². The normalized spacial score (nSPS) is 19.6. The number of nitrogens with zero attached hydrogens (tertiary/aromatic N) is 4. The van der Waals surface area contributed by atoms with E-state index >= 15 is 0 Å². The number of imide groups is 1. The molecule has 4 rings (SSSR count). The van der Waals surface area contributed by atoms with E-state index in [4.69, 9.17) is 21.1 Å². The largest absolute Gasteiger partial charge is 0.493 e. The number of carbonyl (C=O) groups is 3. The molecule has 0 unspecified atom stereocenters. The van der Waals surface area contributed by atoms with Gasteiger partial charge in [-0.1, -0.05) is 16.8 Å². The molecule has 0 aliphatic carbocycles. The second kappa shape index (κ2) is 8.23. The van der Waals surface area contributed by atoms with Crippen molar-refractivity contribution in [1.29, 1.82) is 0 Å². The summed E-state index contributed by atoms with van der Waals surface area (Å²) in [6.45, 7) is -0.244. The van der Waals surface area contributed by atoms with Crippen LogP contribution in [0.3, 0.4) is 0 Å². The summed E-state index contributed by atoms with van der Waals surface area (Å²) in [5.41, 5.74) is 0.866. The zero-order valence-corrected chi connectivity index (χ0v) is 17.4. The molecule has 2 heterocycles. The highest BCUT2D eigenvalue weighted by Crippen LogP contribution is 2.36. The first kappa shape index (κ1) is 20.6. The van der Waals surface area contributed by atoms with Crippen molar-refractivity contribution in [3.05, 3.63) is 47.5 Å². The number of hydrogen-bond donors (Lipinski definition) is 1. The lowest BCUT2D eigenvalue weighted by Gasteiger charge is -2.20.